The molecule has 1 N–H and O–H groups in total. The molecule has 0 aliphatic carbocycles. The summed E-state index contributed by atoms with van der Waals surface area (Å²) < 4.78 is 11.4. The molecule has 1 aliphatic heterocycles. The zero-order valence-corrected chi connectivity index (χ0v) is 21.6. The molecule has 38 heavy (non-hydrogen) atoms. The Hall–Kier alpha value is -3.94. The molecule has 1 atom stereocenters. The quantitative estimate of drug-likeness (QED) is 0.267. The van der Waals surface area contributed by atoms with Gasteiger partial charge in [-0.15, -0.1) is 0 Å². The van der Waals surface area contributed by atoms with E-state index in [4.69, 9.17) is 14.3 Å². The highest BCUT2D eigenvalue weighted by Crippen LogP contribution is 2.26. The minimum absolute atomic E-state index is 0.326. The van der Waals surface area contributed by atoms with Crippen molar-refractivity contribution in [1.29, 1.82) is 0 Å². The van der Waals surface area contributed by atoms with E-state index >= 15 is 0 Å². The highest BCUT2D eigenvalue weighted by molar-refractivity contribution is 5.87. The second-order valence-electron chi connectivity index (χ2n) is 9.93. The number of rotatable bonds is 10. The molecule has 4 aromatic rings. The summed E-state index contributed by atoms with van der Waals surface area (Å²) in [7, 11) is 2.14. The fourth-order valence-corrected chi connectivity index (χ4v) is 5.03. The molecule has 7 heteroatoms. The van der Waals surface area contributed by atoms with E-state index in [1.807, 2.05) is 48.5 Å². The van der Waals surface area contributed by atoms with Crippen molar-refractivity contribution in [2.45, 2.75) is 38.4 Å². The Morgan fingerprint density at radius 3 is 2.34 bits per heavy atom. The molecule has 0 amide bonds. The van der Waals surface area contributed by atoms with E-state index in [1.54, 1.807) is 24.6 Å². The van der Waals surface area contributed by atoms with Crippen LogP contribution in [0, 0.1) is 0 Å². The SMILES string of the molecule is CN(Cc1ccc(C(=O)O)cc1)C[C@@H]1CCCCN1Cc1ccc(Oc2ccc(-c3ncco3)cc2)cc1. The number of carboxylic acid groups (broad SMARTS) is 1. The fourth-order valence-electron chi connectivity index (χ4n) is 5.03. The van der Waals surface area contributed by atoms with Crippen LogP contribution in [0.2, 0.25) is 0 Å². The molecule has 196 valence electrons. The lowest BCUT2D eigenvalue weighted by molar-refractivity contribution is 0.0697. The lowest BCUT2D eigenvalue weighted by Gasteiger charge is -2.38. The van der Waals surface area contributed by atoms with Crippen LogP contribution in [0.25, 0.3) is 11.5 Å². The summed E-state index contributed by atoms with van der Waals surface area (Å²) in [5.41, 5.74) is 3.64. The number of carboxylic acids is 1. The van der Waals surface area contributed by atoms with Crippen LogP contribution in [0.3, 0.4) is 0 Å². The van der Waals surface area contributed by atoms with E-state index in [0.717, 1.165) is 48.8 Å². The number of nitrogens with zero attached hydrogens (tertiary/aromatic N) is 3. The van der Waals surface area contributed by atoms with Gasteiger partial charge in [-0.05, 0) is 86.1 Å². The van der Waals surface area contributed by atoms with E-state index in [-0.39, 0.29) is 0 Å². The van der Waals surface area contributed by atoms with Crippen LogP contribution in [0.4, 0.5) is 0 Å². The predicted molar refractivity (Wildman–Crippen MR) is 146 cm³/mol. The summed E-state index contributed by atoms with van der Waals surface area (Å²) in [5.74, 6) is 1.28. The van der Waals surface area contributed by atoms with Crippen molar-refractivity contribution < 1.29 is 19.1 Å². The Labute approximate surface area is 223 Å². The standard InChI is InChI=1S/C31H33N3O4/c1-33(20-23-5-9-26(10-6-23)31(35)36)22-27-4-2-3-18-34(27)21-24-7-13-28(14-8-24)38-29-15-11-25(12-16-29)30-32-17-19-37-30/h5-17,19,27H,2-4,18,20-22H2,1H3,(H,35,36)/t27-/m0/s1. The third-order valence-electron chi connectivity index (χ3n) is 7.00. The highest BCUT2D eigenvalue weighted by Gasteiger charge is 2.23. The van der Waals surface area contributed by atoms with Crippen molar-refractivity contribution >= 4 is 5.97 Å². The van der Waals surface area contributed by atoms with Gasteiger partial charge in [-0.2, -0.15) is 0 Å². The Bertz CT molecular complexity index is 1300. The van der Waals surface area contributed by atoms with Crippen LogP contribution in [-0.4, -0.2) is 52.0 Å². The predicted octanol–water partition coefficient (Wildman–Crippen LogP) is 6.32. The van der Waals surface area contributed by atoms with Crippen LogP contribution in [-0.2, 0) is 13.1 Å². The van der Waals surface area contributed by atoms with Gasteiger partial charge >= 0.3 is 5.97 Å². The minimum atomic E-state index is -0.889. The average Bonchev–Trinajstić information content (AvgIpc) is 3.47. The molecule has 5 rings (SSSR count). The van der Waals surface area contributed by atoms with Crippen molar-refractivity contribution in [2.24, 2.45) is 0 Å². The summed E-state index contributed by atoms with van der Waals surface area (Å²) in [5, 5.41) is 9.12. The van der Waals surface area contributed by atoms with Gasteiger partial charge in [0.1, 0.15) is 17.8 Å². The first-order valence-corrected chi connectivity index (χ1v) is 13.0. The van der Waals surface area contributed by atoms with Crippen molar-refractivity contribution in [3.8, 4) is 23.0 Å². The molecule has 0 bridgehead atoms. The van der Waals surface area contributed by atoms with Crippen molar-refractivity contribution in [1.82, 2.24) is 14.8 Å². The summed E-state index contributed by atoms with van der Waals surface area (Å²) in [6.45, 7) is 3.79. The number of carbonyl (C=O) groups is 1. The number of piperidine rings is 1. The first kappa shape index (κ1) is 25.7. The molecule has 0 radical (unpaired) electrons. The van der Waals surface area contributed by atoms with Gasteiger partial charge in [-0.3, -0.25) is 4.90 Å². The maximum atomic E-state index is 11.1. The van der Waals surface area contributed by atoms with Crippen LogP contribution < -0.4 is 4.74 Å². The molecule has 1 fully saturated rings. The average molecular weight is 512 g/mol. The third-order valence-corrected chi connectivity index (χ3v) is 7.00. The number of hydrogen-bond acceptors (Lipinski definition) is 6. The monoisotopic (exact) mass is 511 g/mol. The number of hydrogen-bond donors (Lipinski definition) is 1. The van der Waals surface area contributed by atoms with Gasteiger partial charge in [0.15, 0.2) is 0 Å². The number of aromatic nitrogens is 1. The van der Waals surface area contributed by atoms with Gasteiger partial charge in [0.25, 0.3) is 0 Å². The lowest BCUT2D eigenvalue weighted by atomic mass is 10.0. The summed E-state index contributed by atoms with van der Waals surface area (Å²) >= 11 is 0. The van der Waals surface area contributed by atoms with Crippen LogP contribution in [0.5, 0.6) is 11.5 Å². The topological polar surface area (TPSA) is 79.0 Å². The molecular formula is C31H33N3O4. The van der Waals surface area contributed by atoms with Crippen LogP contribution in [0.15, 0.2) is 89.7 Å². The lowest BCUT2D eigenvalue weighted by Crippen LogP contribution is -2.45. The zero-order chi connectivity index (χ0) is 26.3. The normalized spacial score (nSPS) is 16.0. The molecule has 0 unspecified atom stereocenters. The molecule has 7 nitrogen and oxygen atoms in total. The fraction of sp³-hybridized carbons (Fsp3) is 0.290. The van der Waals surface area contributed by atoms with Crippen molar-refractivity contribution in [3.05, 3.63) is 102 Å². The highest BCUT2D eigenvalue weighted by atomic mass is 16.5. The van der Waals surface area contributed by atoms with Gasteiger partial charge < -0.3 is 19.2 Å². The molecule has 2 heterocycles. The second kappa shape index (κ2) is 12.1. The number of benzene rings is 3. The van der Waals surface area contributed by atoms with Gasteiger partial charge in [0, 0.05) is 31.2 Å². The molecule has 1 aliphatic rings. The maximum absolute atomic E-state index is 11.1. The van der Waals surface area contributed by atoms with Gasteiger partial charge in [-0.1, -0.05) is 30.7 Å². The van der Waals surface area contributed by atoms with Crippen LogP contribution in [0.1, 0.15) is 40.7 Å². The Balaban J connectivity index is 1.15. The van der Waals surface area contributed by atoms with E-state index in [2.05, 4.69) is 34.0 Å². The summed E-state index contributed by atoms with van der Waals surface area (Å²) in [6, 6.07) is 23.7. The van der Waals surface area contributed by atoms with E-state index < -0.39 is 5.97 Å². The summed E-state index contributed by atoms with van der Waals surface area (Å²) in [6.07, 6.45) is 6.87. The molecule has 1 saturated heterocycles. The van der Waals surface area contributed by atoms with Gasteiger partial charge in [0.05, 0.1) is 11.8 Å². The zero-order valence-electron chi connectivity index (χ0n) is 21.6. The van der Waals surface area contributed by atoms with Crippen molar-refractivity contribution in [2.75, 3.05) is 20.1 Å². The van der Waals surface area contributed by atoms with Gasteiger partial charge in [0.2, 0.25) is 5.89 Å². The van der Waals surface area contributed by atoms with E-state index in [9.17, 15) is 4.79 Å². The third kappa shape index (κ3) is 6.68. The summed E-state index contributed by atoms with van der Waals surface area (Å²) in [4.78, 5) is 20.2. The smallest absolute Gasteiger partial charge is 0.335 e. The Morgan fingerprint density at radius 2 is 1.68 bits per heavy atom. The second-order valence-corrected chi connectivity index (χ2v) is 9.93. The van der Waals surface area contributed by atoms with E-state index in [0.29, 0.717) is 17.5 Å². The number of aromatic carboxylic acids is 1. The van der Waals surface area contributed by atoms with Crippen LogP contribution >= 0.6 is 0 Å². The van der Waals surface area contributed by atoms with Crippen molar-refractivity contribution in [3.63, 3.8) is 0 Å². The number of ether oxygens (including phenoxy) is 1. The minimum Gasteiger partial charge on any atom is -0.478 e. The number of oxazole rings is 1. The first-order chi connectivity index (χ1) is 18.5. The number of likely N-dealkylation sites (tertiary alicyclic amines) is 1. The van der Waals surface area contributed by atoms with E-state index in [1.165, 1.54) is 24.8 Å². The largest absolute Gasteiger partial charge is 0.478 e. The molecule has 3 aromatic carbocycles. The first-order valence-electron chi connectivity index (χ1n) is 13.0. The Morgan fingerprint density at radius 1 is 1.00 bits per heavy atom. The molecular weight excluding hydrogens is 478 g/mol. The van der Waals surface area contributed by atoms with Gasteiger partial charge in [-0.25, -0.2) is 9.78 Å². The Kier molecular flexibility index (Phi) is 8.16. The number of likely N-dealkylation sites (N-methyl/N-ethyl adjacent to an activating group) is 1. The maximum Gasteiger partial charge on any atom is 0.335 e. The molecule has 0 saturated carbocycles. The molecule has 1 aromatic heterocycles. The molecule has 0 spiro atoms.